The molecule has 0 unspecified atom stereocenters. The molecular formula is C46H73NO19S. The number of esters is 4. The number of hydrogen-bond donors (Lipinski definition) is 0. The Morgan fingerprint density at radius 3 is 1.93 bits per heavy atom. The van der Waals surface area contributed by atoms with E-state index in [-0.39, 0.29) is 31.7 Å². The number of carbonyl (C=O) groups is 6. The largest absolute Gasteiger partial charge is 0.462 e. The SMILES string of the molecule is CC[C@H]1OC(=O)C[C@@H](OS(C)(=O)=O)[C@H](C)[C@@H](O[C@@H]2O[C@H](C)[C@@H](OC(C)=O)[C@H](N(C)C)[C@H]2OC(C)=O)[C@@H](CC=O)C[C@@H](C)C(=O)/C=C/C(C)=C/[C@@H]1CO[C@@H]1O[C@H](C)[C@@H](OC(C)=O)[C@@H](OC)[C@H]1OC. The number of rotatable bonds is 16. The normalized spacial score (nSPS) is 37.4. The molecule has 0 spiro atoms. The van der Waals surface area contributed by atoms with Crippen LogP contribution in [0, 0.1) is 23.7 Å². The van der Waals surface area contributed by atoms with Crippen LogP contribution in [0.4, 0.5) is 0 Å². The zero-order chi connectivity index (χ0) is 50.5. The van der Waals surface area contributed by atoms with Gasteiger partial charge in [0.05, 0.1) is 49.7 Å². The van der Waals surface area contributed by atoms with Gasteiger partial charge in [-0.3, -0.25) is 33.1 Å². The Kier molecular flexibility index (Phi) is 22.7. The molecule has 2 fully saturated rings. The number of ketones is 1. The lowest BCUT2D eigenvalue weighted by molar-refractivity contribution is -0.307. The van der Waals surface area contributed by atoms with Crippen molar-refractivity contribution < 1.29 is 88.7 Å². The number of cyclic esters (lactones) is 1. The molecule has 0 bridgehead atoms. The van der Waals surface area contributed by atoms with Crippen molar-refractivity contribution in [3.63, 3.8) is 0 Å². The molecule has 382 valence electrons. The number of nitrogens with zero attached hydrogens (tertiary/aromatic N) is 1. The summed E-state index contributed by atoms with van der Waals surface area (Å²) in [5, 5.41) is 0. The summed E-state index contributed by atoms with van der Waals surface area (Å²) in [5.41, 5.74) is 0.613. The van der Waals surface area contributed by atoms with Gasteiger partial charge in [-0.1, -0.05) is 38.5 Å². The number of methoxy groups -OCH3 is 2. The van der Waals surface area contributed by atoms with Crippen molar-refractivity contribution in [3.05, 3.63) is 23.8 Å². The highest BCUT2D eigenvalue weighted by molar-refractivity contribution is 7.86. The minimum Gasteiger partial charge on any atom is -0.462 e. The lowest BCUT2D eigenvalue weighted by Gasteiger charge is -2.48. The molecular weight excluding hydrogens is 903 g/mol. The van der Waals surface area contributed by atoms with E-state index in [1.807, 2.05) is 0 Å². The zero-order valence-electron chi connectivity index (χ0n) is 41.3. The quantitative estimate of drug-likeness (QED) is 0.0933. The molecule has 2 saturated heterocycles. The number of hydrogen-bond acceptors (Lipinski definition) is 20. The number of aldehydes is 1. The van der Waals surface area contributed by atoms with Gasteiger partial charge in [-0.05, 0) is 59.7 Å². The van der Waals surface area contributed by atoms with E-state index in [2.05, 4.69) is 0 Å². The molecule has 3 rings (SSSR count). The van der Waals surface area contributed by atoms with Crippen LogP contribution >= 0.6 is 0 Å². The van der Waals surface area contributed by atoms with Crippen LogP contribution in [-0.4, -0.2) is 170 Å². The summed E-state index contributed by atoms with van der Waals surface area (Å²) in [6, 6.07) is -0.817. The predicted molar refractivity (Wildman–Crippen MR) is 238 cm³/mol. The summed E-state index contributed by atoms with van der Waals surface area (Å²) < 4.78 is 91.6. The second-order valence-electron chi connectivity index (χ2n) is 17.9. The topological polar surface area (TPSA) is 241 Å². The lowest BCUT2D eigenvalue weighted by Crippen LogP contribution is -2.65. The van der Waals surface area contributed by atoms with Crippen molar-refractivity contribution in [2.24, 2.45) is 23.7 Å². The Balaban J connectivity index is 2.14. The van der Waals surface area contributed by atoms with Crippen molar-refractivity contribution in [3.8, 4) is 0 Å². The first-order valence-corrected chi connectivity index (χ1v) is 24.4. The molecule has 21 heteroatoms. The van der Waals surface area contributed by atoms with Crippen LogP contribution in [0.1, 0.15) is 88.0 Å². The molecule has 0 aliphatic carbocycles. The Labute approximate surface area is 395 Å². The number of likely N-dealkylation sites (N-methyl/N-ethyl adjacent to an activating group) is 1. The average molecular weight is 976 g/mol. The first kappa shape index (κ1) is 57.6. The smallest absolute Gasteiger partial charge is 0.308 e. The van der Waals surface area contributed by atoms with Crippen molar-refractivity contribution >= 4 is 46.1 Å². The van der Waals surface area contributed by atoms with Crippen LogP contribution in [0.25, 0.3) is 0 Å². The van der Waals surface area contributed by atoms with E-state index >= 15 is 0 Å². The van der Waals surface area contributed by atoms with E-state index in [0.29, 0.717) is 11.9 Å². The van der Waals surface area contributed by atoms with Crippen molar-refractivity contribution in [1.82, 2.24) is 4.90 Å². The fourth-order valence-electron chi connectivity index (χ4n) is 9.06. The van der Waals surface area contributed by atoms with Gasteiger partial charge in [-0.25, -0.2) is 0 Å². The van der Waals surface area contributed by atoms with Crippen LogP contribution in [0.3, 0.4) is 0 Å². The molecule has 0 saturated carbocycles. The standard InChI is InChI=1S/C46H73NO19S/c1-15-35-33(23-58-45-44(57-13)43(56-12)41(28(6)59-45)62-30(8)50)20-24(2)16-17-34(52)25(3)21-32(18-19-48)39(26(4)36(22-37(53)64-35)66-67(14,54)55)65-46-42(63-31(9)51)38(47(10)11)40(27(5)60-46)61-29(7)49/h16-17,19-20,25-28,32-33,35-36,38-46H,15,18,21-23H2,1-14H3/b17-16+,24-20+/t25-,26+,27-,28-,32+,33-,35-,36-,38+,39-,40-,41-,42-,43-,44-,45-,46+/m1/s1. The summed E-state index contributed by atoms with van der Waals surface area (Å²) in [4.78, 5) is 79.0. The van der Waals surface area contributed by atoms with E-state index in [1.54, 1.807) is 72.7 Å². The van der Waals surface area contributed by atoms with Crippen molar-refractivity contribution in [1.29, 1.82) is 0 Å². The maximum absolute atomic E-state index is 14.2. The minimum absolute atomic E-state index is 0.0407. The molecule has 0 amide bonds. The molecule has 0 N–H and O–H groups in total. The van der Waals surface area contributed by atoms with Crippen molar-refractivity contribution in [2.75, 3.05) is 41.2 Å². The molecule has 20 nitrogen and oxygen atoms in total. The van der Waals surface area contributed by atoms with Gasteiger partial charge in [-0.2, -0.15) is 8.42 Å². The first-order chi connectivity index (χ1) is 31.3. The second kappa shape index (κ2) is 26.3. The van der Waals surface area contributed by atoms with Crippen LogP contribution in [0.15, 0.2) is 23.8 Å². The van der Waals surface area contributed by atoms with Crippen LogP contribution in [0.2, 0.25) is 0 Å². The maximum atomic E-state index is 14.2. The highest BCUT2D eigenvalue weighted by Gasteiger charge is 2.52. The molecule has 3 aliphatic heterocycles. The van der Waals surface area contributed by atoms with Gasteiger partial charge >= 0.3 is 23.9 Å². The monoisotopic (exact) mass is 975 g/mol. The van der Waals surface area contributed by atoms with Gasteiger partial charge in [0.25, 0.3) is 10.1 Å². The Bertz CT molecular complexity index is 1850. The third-order valence-electron chi connectivity index (χ3n) is 12.2. The molecule has 0 aromatic rings. The third kappa shape index (κ3) is 16.8. The minimum atomic E-state index is -4.28. The van der Waals surface area contributed by atoms with Crippen molar-refractivity contribution in [2.45, 2.75) is 168 Å². The number of allylic oxidation sites excluding steroid dienone is 3. The Morgan fingerprint density at radius 2 is 1.39 bits per heavy atom. The summed E-state index contributed by atoms with van der Waals surface area (Å²) >= 11 is 0. The third-order valence-corrected chi connectivity index (χ3v) is 12.8. The summed E-state index contributed by atoms with van der Waals surface area (Å²) in [7, 11) is 1.98. The second-order valence-corrected chi connectivity index (χ2v) is 19.5. The highest BCUT2D eigenvalue weighted by Crippen LogP contribution is 2.37. The fourth-order valence-corrected chi connectivity index (χ4v) is 9.75. The van der Waals surface area contributed by atoms with Crippen LogP contribution < -0.4 is 0 Å². The Hall–Kier alpha value is -3.67. The zero-order valence-corrected chi connectivity index (χ0v) is 42.1. The van der Waals surface area contributed by atoms with Gasteiger partial charge in [0.2, 0.25) is 0 Å². The van der Waals surface area contributed by atoms with Gasteiger partial charge in [0.15, 0.2) is 30.6 Å². The molecule has 67 heavy (non-hydrogen) atoms. The summed E-state index contributed by atoms with van der Waals surface area (Å²) in [5.74, 6) is -6.25. The molecule has 0 radical (unpaired) electrons. The van der Waals surface area contributed by atoms with E-state index in [9.17, 15) is 37.2 Å². The highest BCUT2D eigenvalue weighted by atomic mass is 32.2. The molecule has 0 aromatic heterocycles. The molecule has 3 aliphatic rings. The van der Waals surface area contributed by atoms with Gasteiger partial charge in [0.1, 0.15) is 30.7 Å². The van der Waals surface area contributed by atoms with Gasteiger partial charge in [0, 0.05) is 59.2 Å². The molecule has 0 aromatic carbocycles. The van der Waals surface area contributed by atoms with Crippen LogP contribution in [-0.2, 0) is 90.4 Å². The maximum Gasteiger partial charge on any atom is 0.308 e. The van der Waals surface area contributed by atoms with E-state index in [0.717, 1.165) is 6.26 Å². The van der Waals surface area contributed by atoms with E-state index in [1.165, 1.54) is 41.1 Å². The number of carbonyl (C=O) groups excluding carboxylic acids is 6. The number of ether oxygens (including phenoxy) is 10. The van der Waals surface area contributed by atoms with Gasteiger partial charge < -0.3 is 52.2 Å². The Morgan fingerprint density at radius 1 is 0.821 bits per heavy atom. The lowest BCUT2D eigenvalue weighted by atomic mass is 9.79. The first-order valence-electron chi connectivity index (χ1n) is 22.6. The average Bonchev–Trinajstić information content (AvgIpc) is 3.22. The van der Waals surface area contributed by atoms with Crippen LogP contribution in [0.5, 0.6) is 0 Å². The van der Waals surface area contributed by atoms with E-state index in [4.69, 9.17) is 51.6 Å². The van der Waals surface area contributed by atoms with Gasteiger partial charge in [-0.15, -0.1) is 0 Å². The fraction of sp³-hybridized carbons (Fsp3) is 0.783. The summed E-state index contributed by atoms with van der Waals surface area (Å²) in [6.07, 6.45) is -6.30. The predicted octanol–water partition coefficient (Wildman–Crippen LogP) is 3.26. The molecule has 3 heterocycles. The summed E-state index contributed by atoms with van der Waals surface area (Å²) in [6.45, 7) is 13.7. The molecule has 17 atom stereocenters. The van der Waals surface area contributed by atoms with E-state index < -0.39 is 144 Å².